The zero-order chi connectivity index (χ0) is 19.4. The molecule has 1 aliphatic rings. The molecule has 3 rings (SSSR count). The number of carbonyl (C=O) groups is 1. The van der Waals surface area contributed by atoms with Gasteiger partial charge in [-0.15, -0.1) is 11.3 Å². The van der Waals surface area contributed by atoms with Crippen molar-refractivity contribution in [3.05, 3.63) is 51.7 Å². The fourth-order valence-corrected chi connectivity index (χ4v) is 5.61. The van der Waals surface area contributed by atoms with Crippen molar-refractivity contribution in [3.8, 4) is 0 Å². The fourth-order valence-electron chi connectivity index (χ4n) is 3.45. The lowest BCUT2D eigenvalue weighted by molar-refractivity contribution is 0.0599. The molecular weight excluding hydrogens is 384 g/mol. The molecule has 1 unspecified atom stereocenters. The maximum atomic E-state index is 12.9. The van der Waals surface area contributed by atoms with Gasteiger partial charge in [0.1, 0.15) is 0 Å². The Bertz CT molecular complexity index is 888. The monoisotopic (exact) mass is 408 g/mol. The van der Waals surface area contributed by atoms with Gasteiger partial charge in [0, 0.05) is 11.4 Å². The number of sulfonamides is 1. The van der Waals surface area contributed by atoms with Gasteiger partial charge in [-0.05, 0) is 62.0 Å². The van der Waals surface area contributed by atoms with E-state index in [2.05, 4.69) is 9.62 Å². The van der Waals surface area contributed by atoms with Gasteiger partial charge in [-0.3, -0.25) is 4.90 Å². The Labute approximate surface area is 164 Å². The van der Waals surface area contributed by atoms with Crippen LogP contribution < -0.4 is 4.72 Å². The van der Waals surface area contributed by atoms with Gasteiger partial charge in [0.2, 0.25) is 10.0 Å². The first-order chi connectivity index (χ1) is 12.9. The lowest BCUT2D eigenvalue weighted by Gasteiger charge is -2.27. The molecule has 0 radical (unpaired) electrons. The summed E-state index contributed by atoms with van der Waals surface area (Å²) in [6.07, 6.45) is 2.27. The summed E-state index contributed by atoms with van der Waals surface area (Å²) in [7, 11) is -2.47. The van der Waals surface area contributed by atoms with Crippen molar-refractivity contribution < 1.29 is 17.9 Å². The molecule has 1 aromatic heterocycles. The first kappa shape index (κ1) is 20.0. The van der Waals surface area contributed by atoms with Gasteiger partial charge in [0.15, 0.2) is 0 Å². The molecule has 1 saturated heterocycles. The minimum atomic E-state index is -3.75. The molecule has 0 aliphatic carbocycles. The minimum absolute atomic E-state index is 0.0198. The van der Waals surface area contributed by atoms with Gasteiger partial charge in [-0.2, -0.15) is 0 Å². The number of thiophene rings is 1. The number of nitrogens with zero attached hydrogens (tertiary/aromatic N) is 1. The van der Waals surface area contributed by atoms with Crippen LogP contribution in [-0.4, -0.2) is 46.0 Å². The number of rotatable bonds is 7. The average Bonchev–Trinajstić information content (AvgIpc) is 3.35. The Balaban J connectivity index is 1.82. The van der Waals surface area contributed by atoms with E-state index >= 15 is 0 Å². The van der Waals surface area contributed by atoms with Gasteiger partial charge < -0.3 is 4.74 Å². The van der Waals surface area contributed by atoms with Crippen LogP contribution in [0.5, 0.6) is 0 Å². The minimum Gasteiger partial charge on any atom is -0.465 e. The highest BCUT2D eigenvalue weighted by Crippen LogP contribution is 2.28. The third-order valence-electron chi connectivity index (χ3n) is 4.90. The summed E-state index contributed by atoms with van der Waals surface area (Å²) in [4.78, 5) is 15.5. The van der Waals surface area contributed by atoms with Crippen molar-refractivity contribution in [1.29, 1.82) is 0 Å². The molecule has 0 amide bonds. The van der Waals surface area contributed by atoms with Crippen LogP contribution >= 0.6 is 11.3 Å². The lowest BCUT2D eigenvalue weighted by Crippen LogP contribution is -2.36. The summed E-state index contributed by atoms with van der Waals surface area (Å²) >= 11 is 1.64. The van der Waals surface area contributed by atoms with Crippen LogP contribution in [0.4, 0.5) is 0 Å². The van der Waals surface area contributed by atoms with Crippen LogP contribution in [0.2, 0.25) is 0 Å². The standard InChI is InChI=1S/C19H24N2O4S2/c1-14-15(19(22)25-2)7-5-9-18(14)27(23,24)20-13-16(17-8-6-12-26-17)21-10-3-4-11-21/h5-9,12,16,20H,3-4,10-11,13H2,1-2H3. The molecular formula is C19H24N2O4S2. The van der Waals surface area contributed by atoms with Crippen molar-refractivity contribution >= 4 is 27.3 Å². The predicted octanol–water partition coefficient (Wildman–Crippen LogP) is 2.96. The van der Waals surface area contributed by atoms with Gasteiger partial charge in [0.25, 0.3) is 0 Å². The molecule has 2 aromatic rings. The fraction of sp³-hybridized carbons (Fsp3) is 0.421. The van der Waals surface area contributed by atoms with E-state index in [0.29, 0.717) is 12.1 Å². The molecule has 6 nitrogen and oxygen atoms in total. The van der Waals surface area contributed by atoms with Crippen molar-refractivity contribution in [1.82, 2.24) is 9.62 Å². The molecule has 0 spiro atoms. The van der Waals surface area contributed by atoms with Gasteiger partial charge in [0.05, 0.1) is 23.6 Å². The lowest BCUT2D eigenvalue weighted by atomic mass is 10.1. The molecule has 2 heterocycles. The molecule has 146 valence electrons. The van der Waals surface area contributed by atoms with Gasteiger partial charge >= 0.3 is 5.97 Å². The largest absolute Gasteiger partial charge is 0.465 e. The van der Waals surface area contributed by atoms with E-state index in [-0.39, 0.29) is 16.5 Å². The Morgan fingerprint density at radius 2 is 2.00 bits per heavy atom. The number of likely N-dealkylation sites (tertiary alicyclic amines) is 1. The number of hydrogen-bond acceptors (Lipinski definition) is 6. The zero-order valence-corrected chi connectivity index (χ0v) is 17.1. The van der Waals surface area contributed by atoms with Crippen LogP contribution in [0.25, 0.3) is 0 Å². The highest BCUT2D eigenvalue weighted by molar-refractivity contribution is 7.89. The van der Waals surface area contributed by atoms with Crippen molar-refractivity contribution in [2.75, 3.05) is 26.7 Å². The number of nitrogens with one attached hydrogen (secondary N) is 1. The number of hydrogen-bond donors (Lipinski definition) is 1. The maximum Gasteiger partial charge on any atom is 0.338 e. The molecule has 1 atom stereocenters. The normalized spacial score (nSPS) is 16.4. The first-order valence-electron chi connectivity index (χ1n) is 8.89. The first-order valence-corrected chi connectivity index (χ1v) is 11.3. The second kappa shape index (κ2) is 8.52. The highest BCUT2D eigenvalue weighted by atomic mass is 32.2. The molecule has 1 aromatic carbocycles. The molecule has 8 heteroatoms. The topological polar surface area (TPSA) is 75.7 Å². The predicted molar refractivity (Wildman–Crippen MR) is 106 cm³/mol. The third kappa shape index (κ3) is 4.40. The molecule has 1 fully saturated rings. The van der Waals surface area contributed by atoms with Crippen molar-refractivity contribution in [2.24, 2.45) is 0 Å². The van der Waals surface area contributed by atoms with Crippen LogP contribution in [0.1, 0.15) is 39.7 Å². The molecule has 0 saturated carbocycles. The van der Waals surface area contributed by atoms with Crippen molar-refractivity contribution in [2.45, 2.75) is 30.7 Å². The summed E-state index contributed by atoms with van der Waals surface area (Å²) < 4.78 is 33.3. The Hall–Kier alpha value is -1.74. The summed E-state index contributed by atoms with van der Waals surface area (Å²) in [6.45, 7) is 3.87. The summed E-state index contributed by atoms with van der Waals surface area (Å²) in [6, 6.07) is 8.70. The van der Waals surface area contributed by atoms with E-state index in [1.807, 2.05) is 17.5 Å². The van der Waals surface area contributed by atoms with Crippen LogP contribution in [-0.2, 0) is 14.8 Å². The van der Waals surface area contributed by atoms with Crippen LogP contribution in [0.3, 0.4) is 0 Å². The number of methoxy groups -OCH3 is 1. The second-order valence-corrected chi connectivity index (χ2v) is 9.26. The maximum absolute atomic E-state index is 12.9. The zero-order valence-electron chi connectivity index (χ0n) is 15.5. The number of carbonyl (C=O) groups excluding carboxylic acids is 1. The molecule has 27 heavy (non-hydrogen) atoms. The summed E-state index contributed by atoms with van der Waals surface area (Å²) in [5.41, 5.74) is 0.653. The molecule has 1 aliphatic heterocycles. The smallest absolute Gasteiger partial charge is 0.338 e. The third-order valence-corrected chi connectivity index (χ3v) is 7.44. The van der Waals surface area contributed by atoms with Crippen LogP contribution in [0.15, 0.2) is 40.6 Å². The summed E-state index contributed by atoms with van der Waals surface area (Å²) in [5, 5.41) is 2.01. The quantitative estimate of drug-likeness (QED) is 0.713. The Kier molecular flexibility index (Phi) is 6.31. The Morgan fingerprint density at radius 1 is 1.26 bits per heavy atom. The van der Waals surface area contributed by atoms with E-state index in [4.69, 9.17) is 4.74 Å². The highest BCUT2D eigenvalue weighted by Gasteiger charge is 2.27. The summed E-state index contributed by atoms with van der Waals surface area (Å²) in [5.74, 6) is -0.543. The second-order valence-electron chi connectivity index (χ2n) is 6.55. The van der Waals surface area contributed by atoms with Gasteiger partial charge in [-0.1, -0.05) is 12.1 Å². The average molecular weight is 409 g/mol. The van der Waals surface area contributed by atoms with Gasteiger partial charge in [-0.25, -0.2) is 17.9 Å². The molecule has 0 bridgehead atoms. The van der Waals surface area contributed by atoms with E-state index in [0.717, 1.165) is 30.8 Å². The van der Waals surface area contributed by atoms with E-state index in [1.165, 1.54) is 13.2 Å². The van der Waals surface area contributed by atoms with Crippen LogP contribution in [0, 0.1) is 6.92 Å². The number of benzene rings is 1. The van der Waals surface area contributed by atoms with Crippen molar-refractivity contribution in [3.63, 3.8) is 0 Å². The Morgan fingerprint density at radius 3 is 2.63 bits per heavy atom. The number of esters is 1. The van der Waals surface area contributed by atoms with E-state index in [1.54, 1.807) is 30.4 Å². The molecule has 1 N–H and O–H groups in total. The van der Waals surface area contributed by atoms with E-state index < -0.39 is 16.0 Å². The van der Waals surface area contributed by atoms with E-state index in [9.17, 15) is 13.2 Å². The SMILES string of the molecule is COC(=O)c1cccc(S(=O)(=O)NCC(c2cccs2)N2CCCC2)c1C. The number of ether oxygens (including phenoxy) is 1.